The second-order valence-corrected chi connectivity index (χ2v) is 7.15. The molecule has 0 spiro atoms. The monoisotopic (exact) mass is 290 g/mol. The predicted molar refractivity (Wildman–Crippen MR) is 83.4 cm³/mol. The standard InChI is InChI=1S/C15H26N6/c1-15(2,3)13-17-10-18-14(20-13)19-11-4-6-21(7-5-11)12-8-16-9-12/h10-12,16H,4-9H2,1-3H3,(H,17,18,19,20). The van der Waals surface area contributed by atoms with Crippen molar-refractivity contribution in [1.29, 1.82) is 0 Å². The summed E-state index contributed by atoms with van der Waals surface area (Å²) in [5.74, 6) is 1.57. The highest BCUT2D eigenvalue weighted by atomic mass is 15.2. The minimum absolute atomic E-state index is 0.0417. The molecule has 21 heavy (non-hydrogen) atoms. The minimum Gasteiger partial charge on any atom is -0.351 e. The van der Waals surface area contributed by atoms with Crippen LogP contribution >= 0.6 is 0 Å². The van der Waals surface area contributed by atoms with Gasteiger partial charge in [-0.05, 0) is 12.8 Å². The maximum absolute atomic E-state index is 4.56. The van der Waals surface area contributed by atoms with Crippen LogP contribution in [0.15, 0.2) is 6.33 Å². The number of likely N-dealkylation sites (tertiary alicyclic amines) is 1. The molecule has 6 nitrogen and oxygen atoms in total. The molecule has 6 heteroatoms. The molecule has 2 fully saturated rings. The molecular formula is C15H26N6. The molecule has 2 N–H and O–H groups in total. The van der Waals surface area contributed by atoms with Crippen molar-refractivity contribution in [2.45, 2.75) is 51.1 Å². The molecule has 2 saturated heterocycles. The first kappa shape index (κ1) is 14.7. The van der Waals surface area contributed by atoms with E-state index in [9.17, 15) is 0 Å². The van der Waals surface area contributed by atoms with E-state index in [0.29, 0.717) is 6.04 Å². The molecule has 0 radical (unpaired) electrons. The summed E-state index contributed by atoms with van der Waals surface area (Å²) < 4.78 is 0. The Labute approximate surface area is 126 Å². The van der Waals surface area contributed by atoms with Gasteiger partial charge in [0.15, 0.2) is 0 Å². The van der Waals surface area contributed by atoms with E-state index in [4.69, 9.17) is 0 Å². The van der Waals surface area contributed by atoms with Crippen LogP contribution in [0.5, 0.6) is 0 Å². The second-order valence-electron chi connectivity index (χ2n) is 7.15. The van der Waals surface area contributed by atoms with E-state index < -0.39 is 0 Å². The van der Waals surface area contributed by atoms with Crippen molar-refractivity contribution < 1.29 is 0 Å². The topological polar surface area (TPSA) is 66.0 Å². The zero-order chi connectivity index (χ0) is 14.9. The normalized spacial score (nSPS) is 22.0. The summed E-state index contributed by atoms with van der Waals surface area (Å²) in [6, 6.07) is 1.24. The average molecular weight is 290 g/mol. The average Bonchev–Trinajstić information content (AvgIpc) is 2.38. The van der Waals surface area contributed by atoms with Gasteiger partial charge in [0, 0.05) is 43.7 Å². The van der Waals surface area contributed by atoms with Gasteiger partial charge >= 0.3 is 0 Å². The highest BCUT2D eigenvalue weighted by Crippen LogP contribution is 2.20. The number of anilines is 1. The lowest BCUT2D eigenvalue weighted by atomic mass is 9.96. The van der Waals surface area contributed by atoms with Crippen LogP contribution in [0.3, 0.4) is 0 Å². The van der Waals surface area contributed by atoms with E-state index in [2.05, 4.69) is 51.3 Å². The lowest BCUT2D eigenvalue weighted by Crippen LogP contribution is -2.59. The van der Waals surface area contributed by atoms with Crippen LogP contribution < -0.4 is 10.6 Å². The molecule has 0 aromatic carbocycles. The molecular weight excluding hydrogens is 264 g/mol. The summed E-state index contributed by atoms with van der Waals surface area (Å²) in [6.07, 6.45) is 3.94. The van der Waals surface area contributed by atoms with E-state index in [-0.39, 0.29) is 5.41 Å². The number of rotatable bonds is 3. The Hall–Kier alpha value is -1.27. The van der Waals surface area contributed by atoms with E-state index in [1.807, 2.05) is 0 Å². The summed E-state index contributed by atoms with van der Waals surface area (Å²) in [4.78, 5) is 15.7. The number of nitrogens with zero attached hydrogens (tertiary/aromatic N) is 4. The van der Waals surface area contributed by atoms with Crippen LogP contribution in [0, 0.1) is 0 Å². The predicted octanol–water partition coefficient (Wildman–Crippen LogP) is 1.02. The van der Waals surface area contributed by atoms with E-state index in [1.54, 1.807) is 6.33 Å². The Morgan fingerprint density at radius 3 is 2.48 bits per heavy atom. The third-order valence-corrected chi connectivity index (χ3v) is 4.38. The molecule has 116 valence electrons. The molecule has 0 unspecified atom stereocenters. The molecule has 3 rings (SSSR count). The quantitative estimate of drug-likeness (QED) is 0.866. The van der Waals surface area contributed by atoms with Gasteiger partial charge in [-0.3, -0.25) is 4.90 Å². The fourth-order valence-electron chi connectivity index (χ4n) is 2.85. The van der Waals surface area contributed by atoms with Gasteiger partial charge in [-0.25, -0.2) is 9.97 Å². The van der Waals surface area contributed by atoms with Gasteiger partial charge in [0.25, 0.3) is 0 Å². The Morgan fingerprint density at radius 2 is 1.90 bits per heavy atom. The lowest BCUT2D eigenvalue weighted by molar-refractivity contribution is 0.117. The number of aromatic nitrogens is 3. The maximum Gasteiger partial charge on any atom is 0.226 e. The second kappa shape index (κ2) is 5.85. The molecule has 2 aliphatic heterocycles. The third kappa shape index (κ3) is 3.49. The van der Waals surface area contributed by atoms with E-state index >= 15 is 0 Å². The Balaban J connectivity index is 1.55. The largest absolute Gasteiger partial charge is 0.351 e. The zero-order valence-electron chi connectivity index (χ0n) is 13.3. The van der Waals surface area contributed by atoms with Gasteiger partial charge in [0.2, 0.25) is 5.95 Å². The summed E-state index contributed by atoms with van der Waals surface area (Å²) in [5.41, 5.74) is -0.0417. The van der Waals surface area contributed by atoms with Crippen molar-refractivity contribution in [3.8, 4) is 0 Å². The highest BCUT2D eigenvalue weighted by Gasteiger charge is 2.28. The smallest absolute Gasteiger partial charge is 0.226 e. The first-order chi connectivity index (χ1) is 10.0. The molecule has 1 aromatic heterocycles. The summed E-state index contributed by atoms with van der Waals surface area (Å²) in [5, 5.41) is 6.83. The molecule has 0 aliphatic carbocycles. The minimum atomic E-state index is -0.0417. The molecule has 3 heterocycles. The number of hydrogen-bond donors (Lipinski definition) is 2. The van der Waals surface area contributed by atoms with Crippen molar-refractivity contribution in [1.82, 2.24) is 25.2 Å². The van der Waals surface area contributed by atoms with Crippen molar-refractivity contribution in [3.05, 3.63) is 12.2 Å². The number of hydrogen-bond acceptors (Lipinski definition) is 6. The Kier molecular flexibility index (Phi) is 4.08. The zero-order valence-corrected chi connectivity index (χ0v) is 13.3. The maximum atomic E-state index is 4.56. The molecule has 1 aromatic rings. The van der Waals surface area contributed by atoms with E-state index in [1.165, 1.54) is 13.1 Å². The van der Waals surface area contributed by atoms with Crippen LogP contribution in [0.4, 0.5) is 5.95 Å². The van der Waals surface area contributed by atoms with Crippen LogP contribution in [-0.2, 0) is 5.41 Å². The van der Waals surface area contributed by atoms with Crippen LogP contribution in [0.2, 0.25) is 0 Å². The molecule has 0 bridgehead atoms. The van der Waals surface area contributed by atoms with Crippen LogP contribution in [0.1, 0.15) is 39.4 Å². The van der Waals surface area contributed by atoms with Gasteiger partial charge in [-0.2, -0.15) is 4.98 Å². The van der Waals surface area contributed by atoms with Gasteiger partial charge in [0.1, 0.15) is 12.2 Å². The summed E-state index contributed by atoms with van der Waals surface area (Å²) in [6.45, 7) is 11.0. The van der Waals surface area contributed by atoms with Gasteiger partial charge in [0.05, 0.1) is 0 Å². The molecule has 2 aliphatic rings. The molecule has 0 atom stereocenters. The Morgan fingerprint density at radius 1 is 1.19 bits per heavy atom. The van der Waals surface area contributed by atoms with Crippen molar-refractivity contribution in [2.24, 2.45) is 0 Å². The highest BCUT2D eigenvalue weighted by molar-refractivity contribution is 5.26. The van der Waals surface area contributed by atoms with Gasteiger partial charge in [-0.1, -0.05) is 20.8 Å². The van der Waals surface area contributed by atoms with Crippen LogP contribution in [-0.4, -0.2) is 58.1 Å². The van der Waals surface area contributed by atoms with Gasteiger partial charge < -0.3 is 10.6 Å². The molecule has 0 amide bonds. The lowest BCUT2D eigenvalue weighted by Gasteiger charge is -2.42. The Bertz CT molecular complexity index is 471. The third-order valence-electron chi connectivity index (χ3n) is 4.38. The van der Waals surface area contributed by atoms with E-state index in [0.717, 1.165) is 43.7 Å². The van der Waals surface area contributed by atoms with Crippen LogP contribution in [0.25, 0.3) is 0 Å². The van der Waals surface area contributed by atoms with Gasteiger partial charge in [-0.15, -0.1) is 0 Å². The first-order valence-electron chi connectivity index (χ1n) is 7.93. The van der Waals surface area contributed by atoms with Crippen molar-refractivity contribution in [3.63, 3.8) is 0 Å². The summed E-state index contributed by atoms with van der Waals surface area (Å²) in [7, 11) is 0. The fraction of sp³-hybridized carbons (Fsp3) is 0.800. The summed E-state index contributed by atoms with van der Waals surface area (Å²) >= 11 is 0. The first-order valence-corrected chi connectivity index (χ1v) is 7.93. The van der Waals surface area contributed by atoms with Crippen molar-refractivity contribution in [2.75, 3.05) is 31.5 Å². The SMILES string of the molecule is CC(C)(C)c1ncnc(NC2CCN(C3CNC3)CC2)n1. The number of piperidine rings is 1. The molecule has 0 saturated carbocycles. The fourth-order valence-corrected chi connectivity index (χ4v) is 2.85. The number of nitrogens with one attached hydrogen (secondary N) is 2. The van der Waals surface area contributed by atoms with Crippen molar-refractivity contribution >= 4 is 5.95 Å².